The number of hydrogen-bond acceptors (Lipinski definition) is 5. The molecule has 2 aromatic rings. The van der Waals surface area contributed by atoms with Crippen LogP contribution in [0.25, 0.3) is 5.57 Å². The highest BCUT2D eigenvalue weighted by Crippen LogP contribution is 2.37. The first-order chi connectivity index (χ1) is 15.3. The average molecular weight is 433 g/mol. The number of piperazine rings is 1. The van der Waals surface area contributed by atoms with Gasteiger partial charge in [-0.1, -0.05) is 24.3 Å². The monoisotopic (exact) mass is 432 g/mol. The molecule has 7 nitrogen and oxygen atoms in total. The molecule has 1 fully saturated rings. The maximum atomic E-state index is 13.7. The minimum absolute atomic E-state index is 0.164. The van der Waals surface area contributed by atoms with Gasteiger partial charge in [-0.25, -0.2) is 4.90 Å². The Morgan fingerprint density at radius 2 is 1.56 bits per heavy atom. The lowest BCUT2D eigenvalue weighted by Crippen LogP contribution is -2.46. The molecule has 166 valence electrons. The molecule has 0 bridgehead atoms. The van der Waals surface area contributed by atoms with Crippen LogP contribution in [-0.4, -0.2) is 60.7 Å². The summed E-state index contributed by atoms with van der Waals surface area (Å²) in [4.78, 5) is 44.3. The van der Waals surface area contributed by atoms with Crippen LogP contribution in [0.3, 0.4) is 0 Å². The van der Waals surface area contributed by atoms with Crippen molar-refractivity contribution in [2.75, 3.05) is 43.4 Å². The van der Waals surface area contributed by atoms with Gasteiger partial charge in [-0.3, -0.25) is 14.4 Å². The van der Waals surface area contributed by atoms with Gasteiger partial charge in [-0.2, -0.15) is 0 Å². The van der Waals surface area contributed by atoms with Gasteiger partial charge in [0.05, 0.1) is 11.3 Å². The summed E-state index contributed by atoms with van der Waals surface area (Å²) in [5.41, 5.74) is 4.66. The molecule has 1 saturated heterocycles. The normalized spacial score (nSPS) is 17.4. The van der Waals surface area contributed by atoms with E-state index in [1.807, 2.05) is 36.9 Å². The van der Waals surface area contributed by atoms with Crippen molar-refractivity contribution in [2.24, 2.45) is 0 Å². The van der Waals surface area contributed by atoms with Gasteiger partial charge in [0.15, 0.2) is 0 Å². The van der Waals surface area contributed by atoms with Gasteiger partial charge >= 0.3 is 0 Å². The maximum absolute atomic E-state index is 13.7. The standard InChI is InChI=1S/C25H28N4O3/c1-16-5-6-17(2)21(15-16)29-24(31)22(19-7-9-20(10-8-19)26-18(3)30)23(25(29)32)28-13-11-27(4)12-14-28/h5-10,15H,11-14H2,1-4H3,(H,26,30). The van der Waals surface area contributed by atoms with Crippen molar-refractivity contribution in [1.82, 2.24) is 9.80 Å². The molecule has 2 aromatic carbocycles. The Hall–Kier alpha value is -3.45. The predicted molar refractivity (Wildman–Crippen MR) is 125 cm³/mol. The van der Waals surface area contributed by atoms with Crippen molar-refractivity contribution in [3.8, 4) is 0 Å². The number of nitrogens with one attached hydrogen (secondary N) is 1. The quantitative estimate of drug-likeness (QED) is 0.753. The summed E-state index contributed by atoms with van der Waals surface area (Å²) in [5, 5.41) is 2.74. The second-order valence-electron chi connectivity index (χ2n) is 8.51. The number of imide groups is 1. The fraction of sp³-hybridized carbons (Fsp3) is 0.320. The lowest BCUT2D eigenvalue weighted by molar-refractivity contribution is -0.121. The molecular formula is C25H28N4O3. The Bertz CT molecular complexity index is 1110. The summed E-state index contributed by atoms with van der Waals surface area (Å²) < 4.78 is 0. The number of carbonyl (C=O) groups is 3. The number of amides is 3. The summed E-state index contributed by atoms with van der Waals surface area (Å²) in [6, 6.07) is 12.9. The van der Waals surface area contributed by atoms with E-state index < -0.39 is 0 Å². The Balaban J connectivity index is 1.79. The molecule has 7 heteroatoms. The second kappa shape index (κ2) is 8.59. The van der Waals surface area contributed by atoms with Crippen molar-refractivity contribution in [3.05, 3.63) is 64.9 Å². The Labute approximate surface area is 188 Å². The lowest BCUT2D eigenvalue weighted by atomic mass is 10.0. The van der Waals surface area contributed by atoms with Crippen LogP contribution in [0.2, 0.25) is 0 Å². The molecule has 0 aliphatic carbocycles. The van der Waals surface area contributed by atoms with Gasteiger partial charge in [0.2, 0.25) is 5.91 Å². The molecule has 2 aliphatic heterocycles. The molecule has 0 aromatic heterocycles. The molecule has 1 N–H and O–H groups in total. The van der Waals surface area contributed by atoms with E-state index in [9.17, 15) is 14.4 Å². The second-order valence-corrected chi connectivity index (χ2v) is 8.51. The average Bonchev–Trinajstić information content (AvgIpc) is 3.01. The predicted octanol–water partition coefficient (Wildman–Crippen LogP) is 2.79. The van der Waals surface area contributed by atoms with Crippen LogP contribution in [0.4, 0.5) is 11.4 Å². The molecule has 0 atom stereocenters. The topological polar surface area (TPSA) is 73.0 Å². The molecule has 0 radical (unpaired) electrons. The van der Waals surface area contributed by atoms with Gasteiger partial charge in [0.1, 0.15) is 5.70 Å². The van der Waals surface area contributed by atoms with E-state index in [-0.39, 0.29) is 17.7 Å². The number of benzene rings is 2. The van der Waals surface area contributed by atoms with Gasteiger partial charge in [0, 0.05) is 38.8 Å². The molecular weight excluding hydrogens is 404 g/mol. The zero-order valence-electron chi connectivity index (χ0n) is 18.9. The van der Waals surface area contributed by atoms with Crippen molar-refractivity contribution in [2.45, 2.75) is 20.8 Å². The van der Waals surface area contributed by atoms with Crippen LogP contribution in [-0.2, 0) is 14.4 Å². The van der Waals surface area contributed by atoms with Crippen molar-refractivity contribution < 1.29 is 14.4 Å². The fourth-order valence-corrected chi connectivity index (χ4v) is 4.20. The van der Waals surface area contributed by atoms with Crippen molar-refractivity contribution in [3.63, 3.8) is 0 Å². The number of anilines is 2. The van der Waals surface area contributed by atoms with Crippen LogP contribution in [0.15, 0.2) is 48.2 Å². The van der Waals surface area contributed by atoms with E-state index in [0.29, 0.717) is 41.3 Å². The van der Waals surface area contributed by atoms with E-state index in [0.717, 1.165) is 24.2 Å². The number of aryl methyl sites for hydroxylation is 2. The minimum atomic E-state index is -0.315. The first-order valence-corrected chi connectivity index (χ1v) is 10.8. The molecule has 32 heavy (non-hydrogen) atoms. The molecule has 0 unspecified atom stereocenters. The number of carbonyl (C=O) groups excluding carboxylic acids is 3. The smallest absolute Gasteiger partial charge is 0.282 e. The van der Waals surface area contributed by atoms with Gasteiger partial charge < -0.3 is 15.1 Å². The van der Waals surface area contributed by atoms with Crippen molar-refractivity contribution in [1.29, 1.82) is 0 Å². The SMILES string of the molecule is CC(=O)Nc1ccc(C2=C(N3CCN(C)CC3)C(=O)N(c3cc(C)ccc3C)C2=O)cc1. The van der Waals surface area contributed by atoms with Gasteiger partial charge in [0.25, 0.3) is 11.8 Å². The highest BCUT2D eigenvalue weighted by Gasteiger charge is 2.43. The molecule has 0 saturated carbocycles. The third-order valence-electron chi connectivity index (χ3n) is 5.98. The summed E-state index contributed by atoms with van der Waals surface area (Å²) in [7, 11) is 2.05. The zero-order chi connectivity index (χ0) is 23.0. The summed E-state index contributed by atoms with van der Waals surface area (Å²) in [6.07, 6.45) is 0. The van der Waals surface area contributed by atoms with Crippen LogP contribution in [0.1, 0.15) is 23.6 Å². The number of rotatable bonds is 4. The van der Waals surface area contributed by atoms with Gasteiger partial charge in [-0.05, 0) is 55.8 Å². The Morgan fingerprint density at radius 3 is 2.19 bits per heavy atom. The number of likely N-dealkylation sites (N-methyl/N-ethyl adjacent to an activating group) is 1. The van der Waals surface area contributed by atoms with E-state index in [1.165, 1.54) is 11.8 Å². The molecule has 2 aliphatic rings. The van der Waals surface area contributed by atoms with E-state index in [2.05, 4.69) is 17.3 Å². The van der Waals surface area contributed by atoms with Crippen molar-refractivity contribution >= 4 is 34.7 Å². The first kappa shape index (κ1) is 21.8. The third kappa shape index (κ3) is 4.03. The molecule has 3 amide bonds. The number of hydrogen-bond donors (Lipinski definition) is 1. The van der Waals surface area contributed by atoms with E-state index in [4.69, 9.17) is 0 Å². The summed E-state index contributed by atoms with van der Waals surface area (Å²) >= 11 is 0. The lowest BCUT2D eigenvalue weighted by Gasteiger charge is -2.34. The molecule has 4 rings (SSSR count). The number of nitrogens with zero attached hydrogens (tertiary/aromatic N) is 3. The minimum Gasteiger partial charge on any atom is -0.364 e. The van der Waals surface area contributed by atoms with Gasteiger partial charge in [-0.15, -0.1) is 0 Å². The highest BCUT2D eigenvalue weighted by atomic mass is 16.2. The summed E-state index contributed by atoms with van der Waals surface area (Å²) in [5.74, 6) is -0.762. The maximum Gasteiger partial charge on any atom is 0.282 e. The third-order valence-corrected chi connectivity index (χ3v) is 5.98. The van der Waals surface area contributed by atoms with Crippen LogP contribution in [0, 0.1) is 13.8 Å². The zero-order valence-corrected chi connectivity index (χ0v) is 18.9. The molecule has 0 spiro atoms. The molecule has 2 heterocycles. The first-order valence-electron chi connectivity index (χ1n) is 10.8. The Morgan fingerprint density at radius 1 is 0.906 bits per heavy atom. The van der Waals surface area contributed by atoms with Crippen LogP contribution in [0.5, 0.6) is 0 Å². The highest BCUT2D eigenvalue weighted by molar-refractivity contribution is 6.45. The van der Waals surface area contributed by atoms with Crippen LogP contribution < -0.4 is 10.2 Å². The largest absolute Gasteiger partial charge is 0.364 e. The van der Waals surface area contributed by atoms with E-state index in [1.54, 1.807) is 24.3 Å². The van der Waals surface area contributed by atoms with Crippen LogP contribution >= 0.6 is 0 Å². The van der Waals surface area contributed by atoms with E-state index >= 15 is 0 Å². The Kier molecular flexibility index (Phi) is 5.84. The fourth-order valence-electron chi connectivity index (χ4n) is 4.20. The summed E-state index contributed by atoms with van der Waals surface area (Å²) in [6.45, 7) is 8.31.